The van der Waals surface area contributed by atoms with Crippen LogP contribution in [-0.4, -0.2) is 33.6 Å². The highest BCUT2D eigenvalue weighted by Gasteiger charge is 2.22. The molecule has 0 bridgehead atoms. The van der Waals surface area contributed by atoms with Gasteiger partial charge in [0.2, 0.25) is 0 Å². The van der Waals surface area contributed by atoms with Crippen molar-refractivity contribution in [2.45, 2.75) is 44.3 Å². The van der Waals surface area contributed by atoms with Gasteiger partial charge in [-0.25, -0.2) is 0 Å². The van der Waals surface area contributed by atoms with Gasteiger partial charge in [-0.1, -0.05) is 11.8 Å². The smallest absolute Gasteiger partial charge is 0.316 e. The quantitative estimate of drug-likeness (QED) is 0.619. The van der Waals surface area contributed by atoms with Crippen LogP contribution in [0.3, 0.4) is 0 Å². The van der Waals surface area contributed by atoms with E-state index in [1.165, 1.54) is 54.1 Å². The molecule has 5 nitrogen and oxygen atoms in total. The monoisotopic (exact) mass is 337 g/mol. The van der Waals surface area contributed by atoms with Gasteiger partial charge in [-0.2, -0.15) is 0 Å². The molecular weight excluding hydrogens is 318 g/mol. The average molecular weight is 337 g/mol. The fourth-order valence-corrected chi connectivity index (χ4v) is 4.70. The van der Waals surface area contributed by atoms with Crippen LogP contribution in [0.2, 0.25) is 0 Å². The number of methoxy groups -OCH3 is 1. The SMILES string of the molecule is CCn1c(SCC(=O)OC)nnc1-c1csc2c1CCCC2. The Kier molecular flexibility index (Phi) is 4.83. The molecule has 0 aromatic carbocycles. The van der Waals surface area contributed by atoms with Crippen LogP contribution in [0, 0.1) is 0 Å². The van der Waals surface area contributed by atoms with Crippen LogP contribution in [0.1, 0.15) is 30.2 Å². The molecule has 3 rings (SSSR count). The lowest BCUT2D eigenvalue weighted by Gasteiger charge is -2.13. The van der Waals surface area contributed by atoms with Crippen molar-refractivity contribution in [3.8, 4) is 11.4 Å². The van der Waals surface area contributed by atoms with Crippen molar-refractivity contribution in [3.63, 3.8) is 0 Å². The number of thiophene rings is 1. The summed E-state index contributed by atoms with van der Waals surface area (Å²) in [6, 6.07) is 0. The lowest BCUT2D eigenvalue weighted by Crippen LogP contribution is -2.06. The minimum absolute atomic E-state index is 0.245. The van der Waals surface area contributed by atoms with Gasteiger partial charge in [0.05, 0.1) is 12.9 Å². The van der Waals surface area contributed by atoms with Crippen molar-refractivity contribution in [1.82, 2.24) is 14.8 Å². The number of esters is 1. The molecule has 0 spiro atoms. The van der Waals surface area contributed by atoms with Gasteiger partial charge in [-0.15, -0.1) is 21.5 Å². The highest BCUT2D eigenvalue weighted by molar-refractivity contribution is 7.99. The van der Waals surface area contributed by atoms with E-state index in [9.17, 15) is 4.79 Å². The van der Waals surface area contributed by atoms with Gasteiger partial charge in [0.1, 0.15) is 0 Å². The maximum Gasteiger partial charge on any atom is 0.316 e. The van der Waals surface area contributed by atoms with Crippen LogP contribution in [-0.2, 0) is 28.9 Å². The molecule has 22 heavy (non-hydrogen) atoms. The Morgan fingerprint density at radius 3 is 3.00 bits per heavy atom. The fourth-order valence-electron chi connectivity index (χ4n) is 2.74. The number of thioether (sulfide) groups is 1. The number of aromatic nitrogens is 3. The van der Waals surface area contributed by atoms with E-state index in [1.54, 1.807) is 0 Å². The van der Waals surface area contributed by atoms with Crippen molar-refractivity contribution in [2.75, 3.05) is 12.9 Å². The van der Waals surface area contributed by atoms with Crippen LogP contribution in [0.25, 0.3) is 11.4 Å². The number of aryl methyl sites for hydroxylation is 1. The van der Waals surface area contributed by atoms with E-state index >= 15 is 0 Å². The first-order valence-corrected chi connectivity index (χ1v) is 9.33. The Bertz CT molecular complexity index is 678. The Morgan fingerprint density at radius 2 is 2.23 bits per heavy atom. The number of carbonyl (C=O) groups is 1. The Balaban J connectivity index is 1.90. The summed E-state index contributed by atoms with van der Waals surface area (Å²) in [5.41, 5.74) is 2.67. The van der Waals surface area contributed by atoms with Crippen molar-refractivity contribution in [2.24, 2.45) is 0 Å². The minimum Gasteiger partial charge on any atom is -0.468 e. The van der Waals surface area contributed by atoms with Crippen molar-refractivity contribution < 1.29 is 9.53 Å². The second-order valence-corrected chi connectivity index (χ2v) is 7.08. The third-order valence-electron chi connectivity index (χ3n) is 3.88. The van der Waals surface area contributed by atoms with Crippen molar-refractivity contribution >= 4 is 29.1 Å². The minimum atomic E-state index is -0.245. The summed E-state index contributed by atoms with van der Waals surface area (Å²) in [5.74, 6) is 0.940. The molecule has 0 saturated heterocycles. The molecule has 0 radical (unpaired) electrons. The lowest BCUT2D eigenvalue weighted by molar-refractivity contribution is -0.137. The summed E-state index contributed by atoms with van der Waals surface area (Å²) in [4.78, 5) is 12.8. The number of nitrogens with zero attached hydrogens (tertiary/aromatic N) is 3. The number of carbonyl (C=O) groups excluding carboxylic acids is 1. The highest BCUT2D eigenvalue weighted by Crippen LogP contribution is 2.36. The van der Waals surface area contributed by atoms with Gasteiger partial charge in [0.25, 0.3) is 0 Å². The predicted octanol–water partition coefficient (Wildman–Crippen LogP) is 3.17. The zero-order valence-electron chi connectivity index (χ0n) is 12.8. The predicted molar refractivity (Wildman–Crippen MR) is 88.4 cm³/mol. The second kappa shape index (κ2) is 6.83. The van der Waals surface area contributed by atoms with E-state index < -0.39 is 0 Å². The van der Waals surface area contributed by atoms with Gasteiger partial charge >= 0.3 is 5.97 Å². The summed E-state index contributed by atoms with van der Waals surface area (Å²) in [5, 5.41) is 11.6. The lowest BCUT2D eigenvalue weighted by atomic mass is 9.96. The van der Waals surface area contributed by atoms with E-state index in [0.29, 0.717) is 0 Å². The largest absolute Gasteiger partial charge is 0.468 e. The molecule has 0 N–H and O–H groups in total. The van der Waals surface area contributed by atoms with Crippen LogP contribution in [0.15, 0.2) is 10.5 Å². The van der Waals surface area contributed by atoms with Crippen molar-refractivity contribution in [1.29, 1.82) is 0 Å². The van der Waals surface area contributed by atoms with Gasteiger partial charge in [0.15, 0.2) is 11.0 Å². The molecule has 0 aliphatic heterocycles. The van der Waals surface area contributed by atoms with E-state index in [-0.39, 0.29) is 11.7 Å². The number of hydrogen-bond donors (Lipinski definition) is 0. The Labute approximate surface area is 138 Å². The molecule has 7 heteroatoms. The number of rotatable bonds is 5. The number of fused-ring (bicyclic) bond motifs is 1. The Morgan fingerprint density at radius 1 is 1.41 bits per heavy atom. The topological polar surface area (TPSA) is 57.0 Å². The molecule has 2 heterocycles. The Hall–Kier alpha value is -1.34. The summed E-state index contributed by atoms with van der Waals surface area (Å²) in [7, 11) is 1.40. The second-order valence-electron chi connectivity index (χ2n) is 5.17. The molecule has 1 aliphatic rings. The normalized spacial score (nSPS) is 13.9. The van der Waals surface area contributed by atoms with Crippen LogP contribution in [0.5, 0.6) is 0 Å². The first-order chi connectivity index (χ1) is 10.7. The van der Waals surface area contributed by atoms with Crippen LogP contribution < -0.4 is 0 Å². The molecule has 2 aromatic rings. The average Bonchev–Trinajstić information content (AvgIpc) is 3.15. The van der Waals surface area contributed by atoms with Gasteiger partial charge in [-0.05, 0) is 38.2 Å². The standard InChI is InChI=1S/C15H19N3O2S2/c1-3-18-14(16-17-15(18)22-9-13(19)20-2)11-8-21-12-7-5-4-6-10(11)12/h8H,3-7,9H2,1-2H3. The maximum atomic E-state index is 11.3. The zero-order valence-corrected chi connectivity index (χ0v) is 14.4. The third kappa shape index (κ3) is 2.92. The summed E-state index contributed by atoms with van der Waals surface area (Å²) >= 11 is 3.21. The van der Waals surface area contributed by atoms with Gasteiger partial charge < -0.3 is 9.30 Å². The summed E-state index contributed by atoms with van der Waals surface area (Å²) in [6.07, 6.45) is 4.86. The molecule has 0 saturated carbocycles. The summed E-state index contributed by atoms with van der Waals surface area (Å²) < 4.78 is 6.77. The first kappa shape index (κ1) is 15.6. The molecule has 118 valence electrons. The number of hydrogen-bond acceptors (Lipinski definition) is 6. The number of ether oxygens (including phenoxy) is 1. The fraction of sp³-hybridized carbons (Fsp3) is 0.533. The van der Waals surface area contributed by atoms with Crippen LogP contribution in [0.4, 0.5) is 0 Å². The molecule has 2 aromatic heterocycles. The maximum absolute atomic E-state index is 11.3. The zero-order chi connectivity index (χ0) is 15.5. The van der Waals surface area contributed by atoms with Gasteiger partial charge in [0, 0.05) is 22.4 Å². The molecular formula is C15H19N3O2S2. The van der Waals surface area contributed by atoms with Gasteiger partial charge in [-0.3, -0.25) is 4.79 Å². The van der Waals surface area contributed by atoms with E-state index in [1.807, 2.05) is 11.3 Å². The molecule has 0 unspecified atom stereocenters. The highest BCUT2D eigenvalue weighted by atomic mass is 32.2. The molecule has 1 aliphatic carbocycles. The molecule has 0 fully saturated rings. The summed E-state index contributed by atoms with van der Waals surface area (Å²) in [6.45, 7) is 2.87. The van der Waals surface area contributed by atoms with E-state index in [4.69, 9.17) is 0 Å². The van der Waals surface area contributed by atoms with Crippen LogP contribution >= 0.6 is 23.1 Å². The third-order valence-corrected chi connectivity index (χ3v) is 5.91. The van der Waals surface area contributed by atoms with E-state index in [0.717, 1.165) is 23.9 Å². The van der Waals surface area contributed by atoms with E-state index in [2.05, 4.69) is 31.8 Å². The first-order valence-electron chi connectivity index (χ1n) is 7.47. The molecule has 0 amide bonds. The molecule has 0 atom stereocenters. The van der Waals surface area contributed by atoms with Crippen molar-refractivity contribution in [3.05, 3.63) is 15.8 Å².